The van der Waals surface area contributed by atoms with Gasteiger partial charge in [-0.3, -0.25) is 14.4 Å². The van der Waals surface area contributed by atoms with E-state index in [0.717, 1.165) is 91.7 Å². The van der Waals surface area contributed by atoms with Gasteiger partial charge < -0.3 is 35.2 Å². The summed E-state index contributed by atoms with van der Waals surface area (Å²) in [4.78, 5) is 52.2. The molecule has 0 radical (unpaired) electrons. The lowest BCUT2D eigenvalue weighted by molar-refractivity contribution is -0.143. The second-order valence-electron chi connectivity index (χ2n) is 19.6. The van der Waals surface area contributed by atoms with Crippen molar-refractivity contribution in [2.45, 2.75) is 139 Å². The van der Waals surface area contributed by atoms with E-state index in [4.69, 9.17) is 14.9 Å². The molecule has 10 nitrogen and oxygen atoms in total. The van der Waals surface area contributed by atoms with E-state index in [9.17, 15) is 14.4 Å². The summed E-state index contributed by atoms with van der Waals surface area (Å²) < 4.78 is 11.1. The van der Waals surface area contributed by atoms with Gasteiger partial charge in [-0.2, -0.15) is 0 Å². The number of methoxy groups -OCH3 is 1. The van der Waals surface area contributed by atoms with Crippen LogP contribution >= 0.6 is 0 Å². The van der Waals surface area contributed by atoms with Gasteiger partial charge in [0.2, 0.25) is 0 Å². The van der Waals surface area contributed by atoms with E-state index in [2.05, 4.69) is 81.4 Å². The molecule has 0 spiro atoms. The normalized spacial score (nSPS) is 21.8. The molecular weight excluding hydrogens is 811 g/mol. The van der Waals surface area contributed by atoms with E-state index in [1.165, 1.54) is 63.8 Å². The number of fused-ring (bicyclic) bond motifs is 7. The molecule has 1 fully saturated rings. The molecule has 5 N–H and O–H groups in total. The first kappa shape index (κ1) is 49.1. The third-order valence-electron chi connectivity index (χ3n) is 14.5. The maximum atomic E-state index is 14.4. The van der Waals surface area contributed by atoms with Crippen LogP contribution in [0.3, 0.4) is 0 Å². The highest BCUT2D eigenvalue weighted by atomic mass is 16.5. The van der Waals surface area contributed by atoms with Crippen LogP contribution in [0.25, 0.3) is 29.9 Å². The van der Waals surface area contributed by atoms with E-state index >= 15 is 0 Å². The highest BCUT2D eigenvalue weighted by Crippen LogP contribution is 2.48. The van der Waals surface area contributed by atoms with Crippen molar-refractivity contribution in [3.63, 3.8) is 0 Å². The zero-order chi connectivity index (χ0) is 47.1. The summed E-state index contributed by atoms with van der Waals surface area (Å²) in [7, 11) is 1.31. The minimum Gasteiger partial charge on any atom is -0.468 e. The third-order valence-corrected chi connectivity index (χ3v) is 14.5. The van der Waals surface area contributed by atoms with E-state index in [1.807, 2.05) is 38.2 Å². The van der Waals surface area contributed by atoms with Crippen molar-refractivity contribution in [1.82, 2.24) is 20.3 Å². The summed E-state index contributed by atoms with van der Waals surface area (Å²) in [5.41, 5.74) is 11.3. The lowest BCUT2D eigenvalue weighted by Crippen LogP contribution is -2.25. The smallest absolute Gasteiger partial charge is 0.321 e. The van der Waals surface area contributed by atoms with Crippen molar-refractivity contribution in [1.29, 1.82) is 5.41 Å². The van der Waals surface area contributed by atoms with Gasteiger partial charge in [0, 0.05) is 85.9 Å². The number of nitrogens with one attached hydrogen (secondary N) is 5. The minimum atomic E-state index is -1.17. The molecule has 1 saturated heterocycles. The molecular formula is C55H75N5O5. The average Bonchev–Trinajstić information content (AvgIpc) is 4.02. The number of aromatic amines is 3. The van der Waals surface area contributed by atoms with Crippen LogP contribution in [0.2, 0.25) is 0 Å². The van der Waals surface area contributed by atoms with Crippen molar-refractivity contribution in [2.24, 2.45) is 35.5 Å². The van der Waals surface area contributed by atoms with Crippen LogP contribution in [0.5, 0.6) is 0 Å². The Kier molecular flexibility index (Phi) is 16.4. The summed E-state index contributed by atoms with van der Waals surface area (Å²) in [6.07, 6.45) is 23.9. The predicted molar refractivity (Wildman–Crippen MR) is 265 cm³/mol. The monoisotopic (exact) mass is 886 g/mol. The Labute approximate surface area is 387 Å². The van der Waals surface area contributed by atoms with Gasteiger partial charge in [0.1, 0.15) is 12.5 Å². The first-order chi connectivity index (χ1) is 31.1. The highest BCUT2D eigenvalue weighted by Gasteiger charge is 2.48. The second kappa shape index (κ2) is 21.7. The first-order valence-corrected chi connectivity index (χ1v) is 24.3. The number of aromatic nitrogens is 3. The van der Waals surface area contributed by atoms with E-state index in [-0.39, 0.29) is 36.6 Å². The standard InChI is InChI=1S/C55H75N5O5/c1-12-38-35(8)42-27-43-36(9)40(23-24-48(61)65-26-25-34(7)22-16-21-33(6)20-15-19-32(5)18-14-17-31(3)4)52(59-43)50-51(55(63)64-11)54(62)49-37(10)44(60-53(49)50)28-46-39(13-2)41(30-56)47(58-46)29-45(38)57-42/h12,25,27-33,36,40,51,56-60H,1,13-24,26H2,2-11H3/b34-25+,43-27-,46-28-,47-29-,52-50-,56-30?/t32-,33-,36+,40+,51-/m1/s1. The summed E-state index contributed by atoms with van der Waals surface area (Å²) >= 11 is 0. The molecule has 5 heterocycles. The van der Waals surface area contributed by atoms with Crippen molar-refractivity contribution in [3.8, 4) is 0 Å². The molecule has 0 unspecified atom stereocenters. The van der Waals surface area contributed by atoms with E-state index in [1.54, 1.807) is 0 Å². The number of hydrogen-bond donors (Lipinski definition) is 5. The summed E-state index contributed by atoms with van der Waals surface area (Å²) in [6.45, 7) is 24.0. The van der Waals surface area contributed by atoms with E-state index in [0.29, 0.717) is 35.6 Å². The fourth-order valence-electron chi connectivity index (χ4n) is 10.4. The van der Waals surface area contributed by atoms with Gasteiger partial charge in [0.25, 0.3) is 0 Å². The largest absolute Gasteiger partial charge is 0.468 e. The molecule has 6 rings (SSSR count). The Hall–Kier alpha value is -5.38. The Balaban J connectivity index is 1.23. The summed E-state index contributed by atoms with van der Waals surface area (Å²) in [5, 5.41) is 13.7. The van der Waals surface area contributed by atoms with Crippen LogP contribution in [0.4, 0.5) is 0 Å². The molecule has 3 aliphatic rings. The number of allylic oxidation sites excluding steroid dienone is 3. The number of carbonyl (C=O) groups is 3. The molecule has 3 aromatic heterocycles. The number of ether oxygens (including phenoxy) is 2. The third kappa shape index (κ3) is 10.8. The van der Waals surface area contributed by atoms with Gasteiger partial charge in [-0.25, -0.2) is 0 Å². The molecule has 3 aromatic rings. The summed E-state index contributed by atoms with van der Waals surface area (Å²) in [6, 6.07) is 0. The zero-order valence-corrected chi connectivity index (χ0v) is 40.9. The maximum Gasteiger partial charge on any atom is 0.321 e. The Morgan fingerprint density at radius 3 is 2.17 bits per heavy atom. The van der Waals surface area contributed by atoms with Crippen molar-refractivity contribution in [2.75, 3.05) is 13.7 Å². The maximum absolute atomic E-state index is 14.4. The van der Waals surface area contributed by atoms with Crippen LogP contribution in [0.15, 0.2) is 29.6 Å². The van der Waals surface area contributed by atoms with Crippen molar-refractivity contribution >= 4 is 53.8 Å². The van der Waals surface area contributed by atoms with Crippen molar-refractivity contribution in [3.05, 3.63) is 96.5 Å². The highest BCUT2D eigenvalue weighted by molar-refractivity contribution is 6.24. The SMILES string of the molecule is C=Cc1c2[nH]c(c1C)/C=C1\N/C(=C3\c4[nH]c(c(C)c4C(=O)[C@@H]3C(=O)OC)/C=c3\[nH]/c(c(C=N)c3CC)=C\2)[C@@H](CCC(=O)OC/C=C(\C)CCC[C@H](C)CCC[C@H](C)CCCC(C)C)[C@@H]1C. The van der Waals surface area contributed by atoms with Crippen LogP contribution in [0, 0.1) is 54.8 Å². The number of Topliss-reactive ketones (excluding diaryl/α,β-unsaturated/α-hetero) is 1. The number of hydrogen-bond acceptors (Lipinski definition) is 7. The van der Waals surface area contributed by atoms with Gasteiger partial charge in [0.05, 0.1) is 12.8 Å². The number of H-pyrrole nitrogens is 3. The van der Waals surface area contributed by atoms with Crippen LogP contribution < -0.4 is 16.0 Å². The molecule has 65 heavy (non-hydrogen) atoms. The number of carbonyl (C=O) groups excluding carboxylic acids is 3. The zero-order valence-electron chi connectivity index (χ0n) is 40.9. The molecule has 0 amide bonds. The molecule has 0 aromatic carbocycles. The molecule has 1 aliphatic carbocycles. The molecule has 10 heteroatoms. The van der Waals surface area contributed by atoms with Gasteiger partial charge in [-0.15, -0.1) is 0 Å². The Morgan fingerprint density at radius 2 is 1.52 bits per heavy atom. The van der Waals surface area contributed by atoms with Crippen LogP contribution in [-0.4, -0.2) is 52.6 Å². The number of ketones is 1. The summed E-state index contributed by atoms with van der Waals surface area (Å²) in [5.74, 6) is -0.448. The fourth-order valence-corrected chi connectivity index (χ4v) is 10.4. The van der Waals surface area contributed by atoms with Gasteiger partial charge in [-0.1, -0.05) is 105 Å². The van der Waals surface area contributed by atoms with Gasteiger partial charge in [0.15, 0.2) is 5.78 Å². The molecule has 2 aliphatic heterocycles. The minimum absolute atomic E-state index is 0.118. The number of esters is 2. The second-order valence-corrected chi connectivity index (χ2v) is 19.6. The van der Waals surface area contributed by atoms with Gasteiger partial charge >= 0.3 is 11.9 Å². The lowest BCUT2D eigenvalue weighted by Gasteiger charge is -2.19. The van der Waals surface area contributed by atoms with Crippen molar-refractivity contribution < 1.29 is 23.9 Å². The molecule has 5 atom stereocenters. The molecule has 350 valence electrons. The first-order valence-electron chi connectivity index (χ1n) is 24.3. The Bertz CT molecular complexity index is 2500. The quantitative estimate of drug-likeness (QED) is 0.0311. The molecule has 0 saturated carbocycles. The Morgan fingerprint density at radius 1 is 0.862 bits per heavy atom. The predicted octanol–water partition coefficient (Wildman–Crippen LogP) is 10.8. The van der Waals surface area contributed by atoms with Gasteiger partial charge in [-0.05, 0) is 105 Å². The lowest BCUT2D eigenvalue weighted by atomic mass is 9.85. The van der Waals surface area contributed by atoms with Crippen LogP contribution in [-0.2, 0) is 25.5 Å². The fraction of sp³-hybridized carbons (Fsp3) is 0.527. The molecule has 8 bridgehead atoms. The topological polar surface area (TPSA) is 153 Å². The number of rotatable bonds is 21. The van der Waals surface area contributed by atoms with E-state index < -0.39 is 11.9 Å². The average molecular weight is 886 g/mol. The van der Waals surface area contributed by atoms with Crippen LogP contribution in [0.1, 0.15) is 180 Å².